The Bertz CT molecular complexity index is 1300. The minimum Gasteiger partial charge on any atom is -0.459 e. The number of carbonyl (C=O) groups excluding carboxylic acids is 2. The summed E-state index contributed by atoms with van der Waals surface area (Å²) in [6.45, 7) is 12.3. The normalized spacial score (nSPS) is 38.0. The second kappa shape index (κ2) is 12.7. The molecule has 5 aliphatic rings. The van der Waals surface area contributed by atoms with Gasteiger partial charge in [0.15, 0.2) is 0 Å². The van der Waals surface area contributed by atoms with Crippen LogP contribution >= 0.6 is 0 Å². The maximum atomic E-state index is 13.4. The highest BCUT2D eigenvalue weighted by Crippen LogP contribution is 2.69. The van der Waals surface area contributed by atoms with Crippen molar-refractivity contribution in [1.29, 1.82) is 0 Å². The average molecular weight is 599 g/mol. The van der Waals surface area contributed by atoms with Gasteiger partial charge in [-0.15, -0.1) is 5.73 Å². The van der Waals surface area contributed by atoms with Crippen molar-refractivity contribution in [3.8, 4) is 0 Å². The van der Waals surface area contributed by atoms with E-state index in [0.29, 0.717) is 34.3 Å². The molecule has 0 saturated heterocycles. The van der Waals surface area contributed by atoms with Crippen molar-refractivity contribution in [3.63, 3.8) is 0 Å². The fourth-order valence-electron chi connectivity index (χ4n) is 10.9. The number of hydrogen-bond donors (Lipinski definition) is 0. The van der Waals surface area contributed by atoms with Gasteiger partial charge < -0.3 is 9.47 Å². The number of rotatable bonds is 9. The van der Waals surface area contributed by atoms with Crippen molar-refractivity contribution in [2.24, 2.45) is 52.3 Å². The minimum atomic E-state index is -0.248. The zero-order valence-electron chi connectivity index (χ0n) is 27.7. The highest BCUT2D eigenvalue weighted by atomic mass is 16.6. The second-order valence-electron chi connectivity index (χ2n) is 16.0. The largest absolute Gasteiger partial charge is 0.459 e. The summed E-state index contributed by atoms with van der Waals surface area (Å²) in [5.74, 6) is 3.95. The lowest BCUT2D eigenvalue weighted by atomic mass is 9.43. The third-order valence-corrected chi connectivity index (χ3v) is 13.2. The summed E-state index contributed by atoms with van der Waals surface area (Å²) in [5.41, 5.74) is 4.64. The number of carbonyl (C=O) groups is 2. The van der Waals surface area contributed by atoms with E-state index < -0.39 is 0 Å². The number of hydrogen-bond acceptors (Lipinski definition) is 4. The van der Waals surface area contributed by atoms with Crippen LogP contribution in [0.4, 0.5) is 0 Å². The quantitative estimate of drug-likeness (QED) is 0.210. The number of allylic oxidation sites excluding steroid dienone is 1. The van der Waals surface area contributed by atoms with E-state index in [4.69, 9.17) is 9.47 Å². The van der Waals surface area contributed by atoms with Gasteiger partial charge in [0.1, 0.15) is 12.2 Å². The fraction of sp³-hybridized carbons (Fsp3) is 0.675. The molecule has 0 aliphatic heterocycles. The Balaban J connectivity index is 1.23. The first kappa shape index (κ1) is 31.4. The topological polar surface area (TPSA) is 52.6 Å². The lowest BCUT2D eigenvalue weighted by molar-refractivity contribution is -0.191. The lowest BCUT2D eigenvalue weighted by Crippen LogP contribution is -2.59. The van der Waals surface area contributed by atoms with Gasteiger partial charge in [-0.1, -0.05) is 72.1 Å². The van der Waals surface area contributed by atoms with Crippen LogP contribution in [0.2, 0.25) is 0 Å². The summed E-state index contributed by atoms with van der Waals surface area (Å²) in [4.78, 5) is 26.4. The Morgan fingerprint density at radius 3 is 2.34 bits per heavy atom. The highest BCUT2D eigenvalue weighted by Gasteiger charge is 2.63. The van der Waals surface area contributed by atoms with Gasteiger partial charge in [0.05, 0.1) is 11.1 Å². The molecule has 0 aromatic heterocycles. The maximum Gasteiger partial charge on any atom is 0.339 e. The smallest absolute Gasteiger partial charge is 0.339 e. The van der Waals surface area contributed by atoms with Gasteiger partial charge in [-0.25, -0.2) is 9.59 Å². The number of ether oxygens (including phenoxy) is 2. The summed E-state index contributed by atoms with van der Waals surface area (Å²) in [7, 11) is 0. The van der Waals surface area contributed by atoms with Crippen molar-refractivity contribution in [2.75, 3.05) is 0 Å². The molecule has 0 bridgehead atoms. The SMILES string of the molecule is CC(C)CCCC(C)C1CCC2C3CC(OC(=O)C4=CC=C=C4)C4CC(OC(=O)c5ccccc5)CCC4(C)C3CCC12C. The van der Waals surface area contributed by atoms with E-state index in [9.17, 15) is 9.59 Å². The van der Waals surface area contributed by atoms with Crippen LogP contribution in [0.15, 0.2) is 59.9 Å². The molecule has 4 heteroatoms. The van der Waals surface area contributed by atoms with Gasteiger partial charge in [-0.2, -0.15) is 0 Å². The molecule has 0 radical (unpaired) electrons. The first-order valence-electron chi connectivity index (χ1n) is 17.7. The van der Waals surface area contributed by atoms with Gasteiger partial charge in [-0.05, 0) is 128 Å². The summed E-state index contributed by atoms with van der Waals surface area (Å²) < 4.78 is 12.6. The number of fused-ring (bicyclic) bond motifs is 5. The predicted molar refractivity (Wildman–Crippen MR) is 175 cm³/mol. The molecule has 1 aromatic rings. The molecule has 0 spiro atoms. The highest BCUT2D eigenvalue weighted by molar-refractivity contribution is 5.92. The van der Waals surface area contributed by atoms with E-state index in [0.717, 1.165) is 43.4 Å². The minimum absolute atomic E-state index is 0.0734. The molecule has 4 saturated carbocycles. The molecular weight excluding hydrogens is 544 g/mol. The zero-order valence-corrected chi connectivity index (χ0v) is 27.7. The molecule has 5 aliphatic carbocycles. The third-order valence-electron chi connectivity index (χ3n) is 13.2. The summed E-state index contributed by atoms with van der Waals surface area (Å²) >= 11 is 0. The molecule has 10 atom stereocenters. The van der Waals surface area contributed by atoms with Gasteiger partial charge in [0, 0.05) is 5.92 Å². The van der Waals surface area contributed by atoms with Crippen LogP contribution in [0.3, 0.4) is 0 Å². The van der Waals surface area contributed by atoms with Gasteiger partial charge in [-0.3, -0.25) is 0 Å². The van der Waals surface area contributed by atoms with Crippen molar-refractivity contribution in [2.45, 2.75) is 117 Å². The zero-order chi connectivity index (χ0) is 31.1. The van der Waals surface area contributed by atoms with Crippen molar-refractivity contribution in [3.05, 3.63) is 65.4 Å². The molecule has 4 fully saturated rings. The molecule has 0 heterocycles. The van der Waals surface area contributed by atoms with E-state index in [1.54, 1.807) is 18.2 Å². The van der Waals surface area contributed by atoms with Gasteiger partial charge >= 0.3 is 11.9 Å². The molecule has 0 N–H and O–H groups in total. The van der Waals surface area contributed by atoms with Crippen molar-refractivity contribution < 1.29 is 19.1 Å². The Morgan fingerprint density at radius 2 is 1.61 bits per heavy atom. The van der Waals surface area contributed by atoms with E-state index >= 15 is 0 Å². The van der Waals surface area contributed by atoms with Crippen molar-refractivity contribution in [1.82, 2.24) is 0 Å². The van der Waals surface area contributed by atoms with Crippen LogP contribution in [0.1, 0.15) is 116 Å². The molecule has 6 rings (SSSR count). The van der Waals surface area contributed by atoms with Gasteiger partial charge in [0.25, 0.3) is 0 Å². The van der Waals surface area contributed by atoms with Crippen LogP contribution in [0, 0.1) is 52.3 Å². The summed E-state index contributed by atoms with van der Waals surface area (Å²) in [6, 6.07) is 9.31. The Morgan fingerprint density at radius 1 is 0.864 bits per heavy atom. The van der Waals surface area contributed by atoms with E-state index in [1.165, 1.54) is 44.9 Å². The maximum absolute atomic E-state index is 13.4. The monoisotopic (exact) mass is 598 g/mol. The Hall–Kier alpha value is -2.58. The fourth-order valence-corrected chi connectivity index (χ4v) is 10.9. The molecule has 44 heavy (non-hydrogen) atoms. The first-order chi connectivity index (χ1) is 21.1. The van der Waals surface area contributed by atoms with E-state index in [-0.39, 0.29) is 35.5 Å². The first-order valence-corrected chi connectivity index (χ1v) is 17.7. The average Bonchev–Trinajstić information content (AvgIpc) is 3.66. The van der Waals surface area contributed by atoms with Crippen molar-refractivity contribution >= 4 is 11.9 Å². The molecule has 0 amide bonds. The molecular formula is C40H54O4. The van der Waals surface area contributed by atoms with Crippen LogP contribution in [0.25, 0.3) is 0 Å². The molecule has 4 nitrogen and oxygen atoms in total. The number of esters is 2. The number of benzene rings is 1. The summed E-state index contributed by atoms with van der Waals surface area (Å²) in [5, 5.41) is 0. The second-order valence-corrected chi connectivity index (χ2v) is 16.0. The Kier molecular flexibility index (Phi) is 9.04. The molecule has 10 unspecified atom stereocenters. The summed E-state index contributed by atoms with van der Waals surface area (Å²) in [6.07, 6.45) is 17.9. The van der Waals surface area contributed by atoms with Crippen LogP contribution in [-0.2, 0) is 14.3 Å². The van der Waals surface area contributed by atoms with Gasteiger partial charge in [0.2, 0.25) is 0 Å². The third kappa shape index (κ3) is 5.89. The van der Waals surface area contributed by atoms with Crippen LogP contribution in [-0.4, -0.2) is 24.1 Å². The molecule has 238 valence electrons. The standard InChI is InChI=1S/C40H54O4/c1-26(2)12-11-13-27(3)32-18-19-33-31-25-36(44-38(42)29-16-9-10-17-29)35-24-30(43-37(41)28-14-7-6-8-15-28)20-22-40(35,5)34(31)21-23-39(32,33)4/h6-9,14-17,26-27,30-36H,11-13,18-25H2,1-5H3. The predicted octanol–water partition coefficient (Wildman–Crippen LogP) is 9.51. The van der Waals surface area contributed by atoms with Crippen LogP contribution in [0.5, 0.6) is 0 Å². The molecule has 1 aromatic carbocycles. The van der Waals surface area contributed by atoms with E-state index in [1.807, 2.05) is 30.3 Å². The van der Waals surface area contributed by atoms with Crippen LogP contribution < -0.4 is 0 Å². The van der Waals surface area contributed by atoms with E-state index in [2.05, 4.69) is 40.3 Å². The Labute approximate surface area is 265 Å². The lowest BCUT2D eigenvalue weighted by Gasteiger charge is -2.62.